The van der Waals surface area contributed by atoms with Gasteiger partial charge in [-0.25, -0.2) is 0 Å². The van der Waals surface area contributed by atoms with Crippen molar-refractivity contribution in [2.24, 2.45) is 5.41 Å². The molecule has 1 atom stereocenters. The number of hydrogen-bond donors (Lipinski definition) is 3. The number of nitrogens with two attached hydrogens (primary N) is 1. The van der Waals surface area contributed by atoms with E-state index >= 15 is 0 Å². The zero-order valence-electron chi connectivity index (χ0n) is 23.8. The number of halogens is 2. The molecule has 2 heterocycles. The Balaban J connectivity index is 1.49. The number of nitrogens with one attached hydrogen (secondary N) is 1. The summed E-state index contributed by atoms with van der Waals surface area (Å²) in [4.78, 5) is 14.7. The lowest BCUT2D eigenvalue weighted by atomic mass is 9.69. The number of aryl methyl sites for hydroxylation is 1. The molecule has 0 spiro atoms. The number of alkyl halides is 2. The SMILES string of the molecule is CNc1ccc(C(c2ccc(C)c(CN3CCOc4c(ccc5c4OC(F)(F)O5)C3)c2)C(C)(C)C(=O)O)c(C)c1N. The van der Waals surface area contributed by atoms with Crippen molar-refractivity contribution >= 4 is 17.3 Å². The second-order valence-electron chi connectivity index (χ2n) is 11.2. The molecule has 0 aliphatic carbocycles. The fourth-order valence-electron chi connectivity index (χ4n) is 5.71. The molecule has 3 aromatic rings. The van der Waals surface area contributed by atoms with Crippen LogP contribution in [0.2, 0.25) is 0 Å². The van der Waals surface area contributed by atoms with E-state index in [-0.39, 0.29) is 23.9 Å². The monoisotopic (exact) mass is 567 g/mol. The van der Waals surface area contributed by atoms with E-state index in [0.29, 0.717) is 25.3 Å². The summed E-state index contributed by atoms with van der Waals surface area (Å²) in [5, 5.41) is 13.4. The maximum absolute atomic E-state index is 13.7. The number of carbonyl (C=O) groups is 1. The van der Waals surface area contributed by atoms with Gasteiger partial charge in [-0.15, -0.1) is 8.78 Å². The van der Waals surface area contributed by atoms with Gasteiger partial charge in [-0.1, -0.05) is 30.3 Å². The summed E-state index contributed by atoms with van der Waals surface area (Å²) in [6, 6.07) is 13.1. The second kappa shape index (κ2) is 10.4. The third kappa shape index (κ3) is 5.24. The highest BCUT2D eigenvalue weighted by Gasteiger charge is 2.46. The van der Waals surface area contributed by atoms with Crippen LogP contribution in [0.5, 0.6) is 17.2 Å². The lowest BCUT2D eigenvalue weighted by Crippen LogP contribution is -2.33. The summed E-state index contributed by atoms with van der Waals surface area (Å²) in [7, 11) is 1.80. The Morgan fingerprint density at radius 2 is 1.90 bits per heavy atom. The topological polar surface area (TPSA) is 106 Å². The lowest BCUT2D eigenvalue weighted by molar-refractivity contribution is -0.287. The first-order valence-electron chi connectivity index (χ1n) is 13.5. The van der Waals surface area contributed by atoms with E-state index in [4.69, 9.17) is 15.2 Å². The van der Waals surface area contributed by atoms with Crippen LogP contribution in [0.1, 0.15) is 53.1 Å². The summed E-state index contributed by atoms with van der Waals surface area (Å²) in [6.45, 7) is 9.23. The zero-order chi connectivity index (χ0) is 29.7. The summed E-state index contributed by atoms with van der Waals surface area (Å²) >= 11 is 0. The minimum atomic E-state index is -3.72. The molecular formula is C31H35F2N3O5. The third-order valence-corrected chi connectivity index (χ3v) is 8.17. The number of anilines is 2. The van der Waals surface area contributed by atoms with E-state index in [0.717, 1.165) is 39.1 Å². The molecule has 5 rings (SSSR count). The highest BCUT2D eigenvalue weighted by molar-refractivity contribution is 5.78. The van der Waals surface area contributed by atoms with Crippen molar-refractivity contribution in [3.8, 4) is 17.2 Å². The summed E-state index contributed by atoms with van der Waals surface area (Å²) < 4.78 is 42.6. The number of nitrogens with zero attached hydrogens (tertiary/aromatic N) is 1. The average molecular weight is 568 g/mol. The first-order valence-corrected chi connectivity index (χ1v) is 13.5. The fraction of sp³-hybridized carbons (Fsp3) is 0.387. The van der Waals surface area contributed by atoms with Crippen molar-refractivity contribution in [1.82, 2.24) is 4.90 Å². The number of nitrogen functional groups attached to an aromatic ring is 1. The summed E-state index contributed by atoms with van der Waals surface area (Å²) in [5.41, 5.74) is 12.0. The van der Waals surface area contributed by atoms with Crippen molar-refractivity contribution < 1.29 is 32.9 Å². The normalized spacial score (nSPS) is 16.9. The number of fused-ring (bicyclic) bond motifs is 3. The van der Waals surface area contributed by atoms with Gasteiger partial charge in [0.15, 0.2) is 11.5 Å². The minimum absolute atomic E-state index is 0.0449. The molecule has 3 aromatic carbocycles. The molecule has 0 fully saturated rings. The smallest absolute Gasteiger partial charge is 0.488 e. The minimum Gasteiger partial charge on any atom is -0.488 e. The van der Waals surface area contributed by atoms with Crippen LogP contribution in [0.15, 0.2) is 42.5 Å². The molecular weight excluding hydrogens is 532 g/mol. The molecule has 2 aliphatic rings. The van der Waals surface area contributed by atoms with E-state index in [1.165, 1.54) is 6.07 Å². The van der Waals surface area contributed by atoms with Gasteiger partial charge in [0.2, 0.25) is 5.75 Å². The fourth-order valence-corrected chi connectivity index (χ4v) is 5.71. The van der Waals surface area contributed by atoms with Crippen LogP contribution >= 0.6 is 0 Å². The van der Waals surface area contributed by atoms with E-state index in [1.54, 1.807) is 27.0 Å². The van der Waals surface area contributed by atoms with E-state index in [9.17, 15) is 18.7 Å². The van der Waals surface area contributed by atoms with E-state index in [1.807, 2.05) is 38.1 Å². The highest BCUT2D eigenvalue weighted by atomic mass is 19.3. The standard InChI is InChI=1S/C31H35F2N3O5/c1-17-6-7-19(25(30(3,4)29(37)38)22-9-10-23(35-5)26(34)18(22)2)14-21(17)16-36-12-13-39-27-20(15-36)8-11-24-28(27)41-31(32,33)40-24/h6-11,14,25,35H,12-13,15-16,34H2,1-5H3,(H,37,38). The molecule has 4 N–H and O–H groups in total. The van der Waals surface area contributed by atoms with Crippen LogP contribution in [0.25, 0.3) is 0 Å². The largest absolute Gasteiger partial charge is 0.586 e. The van der Waals surface area contributed by atoms with Gasteiger partial charge in [-0.2, -0.15) is 0 Å². The van der Waals surface area contributed by atoms with Gasteiger partial charge in [0.1, 0.15) is 6.61 Å². The maximum Gasteiger partial charge on any atom is 0.586 e. The number of carboxylic acids is 1. The van der Waals surface area contributed by atoms with Crippen LogP contribution in [-0.2, 0) is 17.9 Å². The Bertz CT molecular complexity index is 1510. The number of hydrogen-bond acceptors (Lipinski definition) is 7. The quantitative estimate of drug-likeness (QED) is 0.304. The highest BCUT2D eigenvalue weighted by Crippen LogP contribution is 2.50. The van der Waals surface area contributed by atoms with Crippen molar-refractivity contribution in [3.63, 3.8) is 0 Å². The first kappa shape index (κ1) is 28.5. The predicted octanol–water partition coefficient (Wildman–Crippen LogP) is 5.89. The molecule has 2 aliphatic heterocycles. The predicted molar refractivity (Wildman–Crippen MR) is 152 cm³/mol. The van der Waals surface area contributed by atoms with Crippen molar-refractivity contribution in [2.45, 2.75) is 53.0 Å². The molecule has 218 valence electrons. The van der Waals surface area contributed by atoms with Gasteiger partial charge < -0.3 is 30.4 Å². The molecule has 10 heteroatoms. The molecule has 0 saturated carbocycles. The van der Waals surface area contributed by atoms with E-state index in [2.05, 4.69) is 21.0 Å². The van der Waals surface area contributed by atoms with Crippen LogP contribution < -0.4 is 25.3 Å². The Kier molecular flexibility index (Phi) is 7.23. The molecule has 0 amide bonds. The second-order valence-corrected chi connectivity index (χ2v) is 11.2. The number of aliphatic carboxylic acids is 1. The molecule has 8 nitrogen and oxygen atoms in total. The Morgan fingerprint density at radius 3 is 2.61 bits per heavy atom. The Morgan fingerprint density at radius 1 is 1.15 bits per heavy atom. The lowest BCUT2D eigenvalue weighted by Gasteiger charge is -2.34. The molecule has 0 radical (unpaired) electrons. The first-order chi connectivity index (χ1) is 19.3. The zero-order valence-corrected chi connectivity index (χ0v) is 23.8. The number of rotatable bonds is 7. The molecule has 1 unspecified atom stereocenters. The Hall–Kier alpha value is -4.05. The van der Waals surface area contributed by atoms with Gasteiger partial charge >= 0.3 is 12.3 Å². The molecule has 0 aromatic heterocycles. The summed E-state index contributed by atoms with van der Waals surface area (Å²) in [5.74, 6) is -1.23. The number of benzene rings is 3. The Labute approximate surface area is 238 Å². The van der Waals surface area contributed by atoms with E-state index < -0.39 is 23.6 Å². The van der Waals surface area contributed by atoms with Gasteiger partial charge in [-0.3, -0.25) is 9.69 Å². The third-order valence-electron chi connectivity index (χ3n) is 8.17. The van der Waals surface area contributed by atoms with Crippen molar-refractivity contribution in [1.29, 1.82) is 0 Å². The van der Waals surface area contributed by atoms with Gasteiger partial charge in [0, 0.05) is 38.2 Å². The van der Waals surface area contributed by atoms with Crippen LogP contribution in [0.4, 0.5) is 20.2 Å². The molecule has 0 saturated heterocycles. The average Bonchev–Trinajstić information content (AvgIpc) is 3.08. The number of carboxylic acid groups (broad SMARTS) is 1. The van der Waals surface area contributed by atoms with Crippen LogP contribution in [0.3, 0.4) is 0 Å². The van der Waals surface area contributed by atoms with Crippen LogP contribution in [0, 0.1) is 19.3 Å². The maximum atomic E-state index is 13.7. The van der Waals surface area contributed by atoms with Gasteiger partial charge in [0.25, 0.3) is 0 Å². The van der Waals surface area contributed by atoms with Crippen molar-refractivity contribution in [2.75, 3.05) is 31.2 Å². The summed E-state index contributed by atoms with van der Waals surface area (Å²) in [6.07, 6.45) is -3.72. The van der Waals surface area contributed by atoms with Crippen molar-refractivity contribution in [3.05, 3.63) is 75.8 Å². The number of ether oxygens (including phenoxy) is 3. The van der Waals surface area contributed by atoms with Gasteiger partial charge in [0.05, 0.1) is 16.8 Å². The molecule has 41 heavy (non-hydrogen) atoms. The van der Waals surface area contributed by atoms with Crippen LogP contribution in [-0.4, -0.2) is 42.5 Å². The molecule has 0 bridgehead atoms. The van der Waals surface area contributed by atoms with Gasteiger partial charge in [-0.05, 0) is 67.6 Å².